The lowest BCUT2D eigenvalue weighted by atomic mass is 9.96. The minimum Gasteiger partial charge on any atom is -0.384 e. The number of aliphatic hydroxyl groups is 1. The van der Waals surface area contributed by atoms with Crippen molar-refractivity contribution < 1.29 is 9.50 Å². The summed E-state index contributed by atoms with van der Waals surface area (Å²) in [5, 5.41) is 10.9. The van der Waals surface area contributed by atoms with Crippen molar-refractivity contribution in [2.75, 3.05) is 0 Å². The fourth-order valence-corrected chi connectivity index (χ4v) is 2.31. The average Bonchev–Trinajstić information content (AvgIpc) is 2.30. The first kappa shape index (κ1) is 13.1. The van der Waals surface area contributed by atoms with Crippen LogP contribution < -0.4 is 0 Å². The smallest absolute Gasteiger partial charge is 0.123 e. The molecule has 0 bridgehead atoms. The summed E-state index contributed by atoms with van der Waals surface area (Å²) in [5.41, 5.74) is 3.05. The van der Waals surface area contributed by atoms with Crippen LogP contribution in [-0.4, -0.2) is 5.11 Å². The zero-order valence-corrected chi connectivity index (χ0v) is 11.0. The first-order valence-corrected chi connectivity index (χ1v) is 6.06. The van der Waals surface area contributed by atoms with Gasteiger partial charge in [-0.25, -0.2) is 4.39 Å². The van der Waals surface area contributed by atoms with Crippen molar-refractivity contribution in [2.24, 2.45) is 0 Å². The predicted molar refractivity (Wildman–Crippen MR) is 71.4 cm³/mol. The maximum Gasteiger partial charge on any atom is 0.123 e. The quantitative estimate of drug-likeness (QED) is 0.863. The van der Waals surface area contributed by atoms with Crippen molar-refractivity contribution >= 4 is 11.6 Å². The lowest BCUT2D eigenvalue weighted by Gasteiger charge is -2.15. The Hall–Kier alpha value is -1.38. The molecule has 0 fully saturated rings. The van der Waals surface area contributed by atoms with Gasteiger partial charge >= 0.3 is 0 Å². The van der Waals surface area contributed by atoms with Gasteiger partial charge in [-0.3, -0.25) is 0 Å². The first-order valence-electron chi connectivity index (χ1n) is 5.68. The Morgan fingerprint density at radius 3 is 2.50 bits per heavy atom. The largest absolute Gasteiger partial charge is 0.384 e. The van der Waals surface area contributed by atoms with Gasteiger partial charge in [0.1, 0.15) is 11.9 Å². The molecule has 0 amide bonds. The molecule has 0 radical (unpaired) electrons. The van der Waals surface area contributed by atoms with Crippen LogP contribution >= 0.6 is 11.6 Å². The molecule has 2 aromatic rings. The fraction of sp³-hybridized carbons (Fsp3) is 0.200. The Bertz CT molecular complexity index is 560. The molecule has 1 unspecified atom stereocenters. The molecule has 0 saturated carbocycles. The highest BCUT2D eigenvalue weighted by Gasteiger charge is 2.14. The van der Waals surface area contributed by atoms with E-state index in [0.717, 1.165) is 11.1 Å². The maximum atomic E-state index is 13.2. The van der Waals surface area contributed by atoms with Crippen LogP contribution in [0.25, 0.3) is 0 Å². The number of hydrogen-bond donors (Lipinski definition) is 1. The molecule has 0 aliphatic heterocycles. The van der Waals surface area contributed by atoms with Crippen molar-refractivity contribution in [3.63, 3.8) is 0 Å². The summed E-state index contributed by atoms with van der Waals surface area (Å²) in [7, 11) is 0. The second-order valence-corrected chi connectivity index (χ2v) is 4.90. The normalized spacial score (nSPS) is 12.5. The molecule has 18 heavy (non-hydrogen) atoms. The van der Waals surface area contributed by atoms with Gasteiger partial charge in [0.05, 0.1) is 0 Å². The summed E-state index contributed by atoms with van der Waals surface area (Å²) in [6.07, 6.45) is -0.863. The molecule has 0 aromatic heterocycles. The van der Waals surface area contributed by atoms with Crippen molar-refractivity contribution in [1.82, 2.24) is 0 Å². The van der Waals surface area contributed by atoms with E-state index in [1.807, 2.05) is 26.0 Å². The van der Waals surface area contributed by atoms with E-state index >= 15 is 0 Å². The van der Waals surface area contributed by atoms with Gasteiger partial charge in [-0.15, -0.1) is 0 Å². The molecule has 0 aliphatic carbocycles. The summed E-state index contributed by atoms with van der Waals surface area (Å²) in [5.74, 6) is -0.353. The monoisotopic (exact) mass is 264 g/mol. The van der Waals surface area contributed by atoms with E-state index in [0.29, 0.717) is 16.1 Å². The second-order valence-electron chi connectivity index (χ2n) is 4.47. The fourth-order valence-electron chi connectivity index (χ4n) is 2.01. The van der Waals surface area contributed by atoms with Crippen LogP contribution in [0.5, 0.6) is 0 Å². The van der Waals surface area contributed by atoms with E-state index in [9.17, 15) is 9.50 Å². The van der Waals surface area contributed by atoms with E-state index in [2.05, 4.69) is 0 Å². The number of halogens is 2. The lowest BCUT2D eigenvalue weighted by molar-refractivity contribution is 0.219. The Kier molecular flexibility index (Phi) is 3.69. The van der Waals surface area contributed by atoms with Crippen LogP contribution in [0.1, 0.15) is 28.4 Å². The Balaban J connectivity index is 2.47. The minimum atomic E-state index is -0.863. The van der Waals surface area contributed by atoms with E-state index in [1.165, 1.54) is 12.1 Å². The van der Waals surface area contributed by atoms with Gasteiger partial charge < -0.3 is 5.11 Å². The van der Waals surface area contributed by atoms with Crippen molar-refractivity contribution in [1.29, 1.82) is 0 Å². The van der Waals surface area contributed by atoms with Crippen LogP contribution in [0.4, 0.5) is 4.39 Å². The summed E-state index contributed by atoms with van der Waals surface area (Å²) in [4.78, 5) is 0. The van der Waals surface area contributed by atoms with Gasteiger partial charge in [0.15, 0.2) is 0 Å². The van der Waals surface area contributed by atoms with Gasteiger partial charge in [-0.2, -0.15) is 0 Å². The van der Waals surface area contributed by atoms with Gasteiger partial charge in [-0.1, -0.05) is 23.7 Å². The summed E-state index contributed by atoms with van der Waals surface area (Å²) in [6.45, 7) is 3.75. The molecule has 2 rings (SSSR count). The molecule has 3 heteroatoms. The molecule has 0 saturated heterocycles. The Morgan fingerprint density at radius 1 is 1.11 bits per heavy atom. The molecule has 94 valence electrons. The molecular formula is C15H14ClFO. The van der Waals surface area contributed by atoms with Gasteiger partial charge in [0.25, 0.3) is 0 Å². The van der Waals surface area contributed by atoms with Gasteiger partial charge in [-0.05, 0) is 60.4 Å². The van der Waals surface area contributed by atoms with Crippen molar-refractivity contribution in [3.8, 4) is 0 Å². The van der Waals surface area contributed by atoms with Crippen molar-refractivity contribution in [2.45, 2.75) is 20.0 Å². The second kappa shape index (κ2) is 5.09. The SMILES string of the molecule is Cc1cc(Cl)cc(C(O)c2cc(F)ccc2C)c1. The minimum absolute atomic E-state index is 0.353. The molecule has 1 atom stereocenters. The third kappa shape index (κ3) is 2.71. The molecule has 1 N–H and O–H groups in total. The number of rotatable bonds is 2. The molecule has 1 nitrogen and oxygen atoms in total. The maximum absolute atomic E-state index is 13.2. The lowest BCUT2D eigenvalue weighted by Crippen LogP contribution is -2.03. The van der Waals surface area contributed by atoms with Crippen LogP contribution in [-0.2, 0) is 0 Å². The summed E-state index contributed by atoms with van der Waals surface area (Å²) >= 11 is 5.97. The van der Waals surface area contributed by atoms with Gasteiger partial charge in [0, 0.05) is 5.02 Å². The third-order valence-corrected chi connectivity index (χ3v) is 3.13. The van der Waals surface area contributed by atoms with Crippen LogP contribution in [0.2, 0.25) is 5.02 Å². The Morgan fingerprint density at radius 2 is 1.83 bits per heavy atom. The predicted octanol–water partition coefficient (Wildman–Crippen LogP) is 4.18. The molecule has 0 heterocycles. The zero-order chi connectivity index (χ0) is 13.3. The topological polar surface area (TPSA) is 20.2 Å². The summed E-state index contributed by atoms with van der Waals surface area (Å²) < 4.78 is 13.2. The number of benzene rings is 2. The van der Waals surface area contributed by atoms with E-state index < -0.39 is 6.10 Å². The number of hydrogen-bond acceptors (Lipinski definition) is 1. The summed E-state index contributed by atoms with van der Waals surface area (Å²) in [6, 6.07) is 9.76. The zero-order valence-electron chi connectivity index (χ0n) is 10.2. The van der Waals surface area contributed by atoms with E-state index in [-0.39, 0.29) is 5.82 Å². The highest BCUT2D eigenvalue weighted by atomic mass is 35.5. The average molecular weight is 265 g/mol. The van der Waals surface area contributed by atoms with Crippen LogP contribution in [0, 0.1) is 19.7 Å². The molecule has 0 spiro atoms. The van der Waals surface area contributed by atoms with E-state index in [1.54, 1.807) is 12.1 Å². The molecule has 0 aliphatic rings. The highest BCUT2D eigenvalue weighted by molar-refractivity contribution is 6.30. The highest BCUT2D eigenvalue weighted by Crippen LogP contribution is 2.28. The van der Waals surface area contributed by atoms with Crippen LogP contribution in [0.15, 0.2) is 36.4 Å². The number of aryl methyl sites for hydroxylation is 2. The molecular weight excluding hydrogens is 251 g/mol. The standard InChI is InChI=1S/C15H14ClFO/c1-9-5-11(7-12(16)6-9)15(18)14-8-13(17)4-3-10(14)2/h3-8,15,18H,1-2H3. The Labute approximate surface area is 111 Å². The first-order chi connectivity index (χ1) is 8.47. The number of aliphatic hydroxyl groups excluding tert-OH is 1. The van der Waals surface area contributed by atoms with Gasteiger partial charge in [0.2, 0.25) is 0 Å². The van der Waals surface area contributed by atoms with E-state index in [4.69, 9.17) is 11.6 Å². The molecule has 2 aromatic carbocycles. The third-order valence-electron chi connectivity index (χ3n) is 2.92. The van der Waals surface area contributed by atoms with Crippen LogP contribution in [0.3, 0.4) is 0 Å². The van der Waals surface area contributed by atoms with Crippen molar-refractivity contribution in [3.05, 3.63) is 69.5 Å².